The molecule has 0 aromatic rings. The monoisotopic (exact) mass is 149 g/mol. The van der Waals surface area contributed by atoms with E-state index in [0.29, 0.717) is 0 Å². The molecule has 0 radical (unpaired) electrons. The number of nitrogens with two attached hydrogens (primary N) is 1. The topological polar surface area (TPSA) is 133 Å². The molecular weight excluding hydrogens is 141 g/mol. The van der Waals surface area contributed by atoms with E-state index < -0.39 is 5.91 Å². The zero-order chi connectivity index (χ0) is 4.28. The average molecular weight is 149 g/mol. The van der Waals surface area contributed by atoms with Crippen molar-refractivity contribution < 1.29 is 21.2 Å². The number of carbonyl (C=O) groups excluding carboxylic acids is 1. The average Bonchev–Trinajstić information content (AvgIpc) is 1.38. The summed E-state index contributed by atoms with van der Waals surface area (Å²) in [4.78, 5) is 9.47. The summed E-state index contributed by atoms with van der Waals surface area (Å²) in [6.07, 6.45) is 1.06. The molecule has 0 aliphatic heterocycles. The van der Waals surface area contributed by atoms with Gasteiger partial charge in [0.15, 0.2) is 0 Å². The van der Waals surface area contributed by atoms with Gasteiger partial charge in [0.1, 0.15) is 0 Å². The summed E-state index contributed by atoms with van der Waals surface area (Å²) in [5.74, 6) is -0.481. The van der Waals surface area contributed by atoms with Gasteiger partial charge in [0.2, 0.25) is 5.91 Å². The molecule has 0 aromatic carbocycles. The fourth-order valence-corrected chi connectivity index (χ4v) is 0. The summed E-state index contributed by atoms with van der Waals surface area (Å²) < 4.78 is 0. The largest absolute Gasteiger partial charge is 3.00 e. The van der Waals surface area contributed by atoms with E-state index in [4.69, 9.17) is 0 Å². The molecule has 5 N–H and O–H groups in total. The second-order valence-electron chi connectivity index (χ2n) is 0.606. The summed E-state index contributed by atoms with van der Waals surface area (Å²) in [5.41, 5.74) is 4.53. The summed E-state index contributed by atoms with van der Waals surface area (Å²) >= 11 is 0. The second kappa shape index (κ2) is 25.5. The third-order valence-corrected chi connectivity index (χ3v) is 0.201. The van der Waals surface area contributed by atoms with Crippen molar-refractivity contribution in [2.75, 3.05) is 0 Å². The van der Waals surface area contributed by atoms with Crippen LogP contribution in [0.25, 0.3) is 0 Å². The van der Waals surface area contributed by atoms with Crippen LogP contribution in [0, 0.1) is 0 Å². The fraction of sp³-hybridized carbons (Fsp3) is 0. The molecule has 0 aromatic heterocycles. The maximum absolute atomic E-state index is 9.47. The molecule has 0 aliphatic carbocycles. The van der Waals surface area contributed by atoms with Crippen LogP contribution in [0.4, 0.5) is 0 Å². The van der Waals surface area contributed by atoms with Gasteiger partial charge in [-0.2, -0.15) is 0 Å². The van der Waals surface area contributed by atoms with Crippen LogP contribution in [0.3, 0.4) is 0 Å². The van der Waals surface area contributed by atoms with E-state index in [-0.39, 0.29) is 33.8 Å². The number of primary amides is 1. The van der Waals surface area contributed by atoms with E-state index in [1.54, 1.807) is 0 Å². The Morgan fingerprint density at radius 1 is 1.33 bits per heavy atom. The van der Waals surface area contributed by atoms with Crippen molar-refractivity contribution >= 4 is 23.3 Å². The fourth-order valence-electron chi connectivity index (χ4n) is 0. The van der Waals surface area contributed by atoms with E-state index >= 15 is 0 Å². The predicted octanol–water partition coefficient (Wildman–Crippen LogP) is -1.25. The van der Waals surface area contributed by atoms with Crippen molar-refractivity contribution in [2.45, 2.75) is 0 Å². The molecular formula is C3H8AlNO4. The quantitative estimate of drug-likeness (QED) is 0.368. The van der Waals surface area contributed by atoms with Crippen LogP contribution in [0.1, 0.15) is 0 Å². The molecule has 52 valence electrons. The number of amides is 1. The van der Waals surface area contributed by atoms with E-state index in [1.165, 1.54) is 0 Å². The van der Waals surface area contributed by atoms with Crippen LogP contribution < -0.4 is 5.73 Å². The molecule has 1 amide bonds. The van der Waals surface area contributed by atoms with Gasteiger partial charge in [-0.1, -0.05) is 6.58 Å². The minimum atomic E-state index is -0.481. The van der Waals surface area contributed by atoms with E-state index in [9.17, 15) is 4.79 Å². The van der Waals surface area contributed by atoms with Gasteiger partial charge in [-0.05, 0) is 6.08 Å². The Labute approximate surface area is 63.6 Å². The van der Waals surface area contributed by atoms with Gasteiger partial charge in [-0.25, -0.2) is 0 Å². The number of carbonyl (C=O) groups is 1. The van der Waals surface area contributed by atoms with E-state index in [0.717, 1.165) is 6.08 Å². The van der Waals surface area contributed by atoms with E-state index in [2.05, 4.69) is 12.3 Å². The Morgan fingerprint density at radius 2 is 1.44 bits per heavy atom. The number of hydrogen-bond acceptors (Lipinski definition) is 4. The molecule has 0 atom stereocenters. The maximum atomic E-state index is 9.47. The number of hydrogen-bond donors (Lipinski definition) is 1. The van der Waals surface area contributed by atoms with Crippen LogP contribution in [0.5, 0.6) is 0 Å². The Balaban J connectivity index is -0.0000000133. The van der Waals surface area contributed by atoms with Gasteiger partial charge in [0.05, 0.1) is 0 Å². The van der Waals surface area contributed by atoms with Gasteiger partial charge < -0.3 is 22.2 Å². The molecule has 0 fully saturated rings. The van der Waals surface area contributed by atoms with Crippen molar-refractivity contribution in [2.24, 2.45) is 5.73 Å². The van der Waals surface area contributed by atoms with Gasteiger partial charge in [0.25, 0.3) is 0 Å². The smallest absolute Gasteiger partial charge is 0.870 e. The SMILES string of the molecule is C=CC(N)=O.[Al+3].[OH-].[OH-].[OH-]. The van der Waals surface area contributed by atoms with Crippen molar-refractivity contribution in [1.82, 2.24) is 0 Å². The number of rotatable bonds is 1. The molecule has 0 saturated carbocycles. The first-order valence-electron chi connectivity index (χ1n) is 1.19. The molecule has 6 heteroatoms. The molecule has 5 nitrogen and oxygen atoms in total. The van der Waals surface area contributed by atoms with Gasteiger partial charge in [-0.3, -0.25) is 4.79 Å². The Bertz CT molecular complexity index is 66.8. The molecule has 9 heavy (non-hydrogen) atoms. The summed E-state index contributed by atoms with van der Waals surface area (Å²) in [7, 11) is 0. The second-order valence-corrected chi connectivity index (χ2v) is 0.606. The normalized spacial score (nSPS) is 3.56. The van der Waals surface area contributed by atoms with Crippen LogP contribution in [-0.2, 0) is 4.79 Å². The van der Waals surface area contributed by atoms with Crippen LogP contribution >= 0.6 is 0 Å². The minimum Gasteiger partial charge on any atom is -0.870 e. The first-order valence-corrected chi connectivity index (χ1v) is 1.19. The van der Waals surface area contributed by atoms with Crippen molar-refractivity contribution in [1.29, 1.82) is 0 Å². The summed E-state index contributed by atoms with van der Waals surface area (Å²) in [6.45, 7) is 3.09. The first kappa shape index (κ1) is 38.2. The summed E-state index contributed by atoms with van der Waals surface area (Å²) in [6, 6.07) is 0. The third kappa shape index (κ3) is 91.5. The molecule has 0 aliphatic rings. The van der Waals surface area contributed by atoms with Crippen molar-refractivity contribution in [3.05, 3.63) is 12.7 Å². The van der Waals surface area contributed by atoms with Crippen LogP contribution in [0.2, 0.25) is 0 Å². The Kier molecular flexibility index (Phi) is 108. The molecule has 0 rings (SSSR count). The van der Waals surface area contributed by atoms with Crippen LogP contribution in [-0.4, -0.2) is 39.7 Å². The molecule has 0 unspecified atom stereocenters. The standard InChI is InChI=1S/C3H5NO.Al.3H2O/c1-2-3(4)5;;;;/h2H,1H2,(H2,4,5);;3*1H2/q;+3;;;/p-3. The van der Waals surface area contributed by atoms with Gasteiger partial charge in [-0.15, -0.1) is 0 Å². The van der Waals surface area contributed by atoms with Crippen LogP contribution in [0.15, 0.2) is 12.7 Å². The zero-order valence-electron chi connectivity index (χ0n) is 4.69. The first-order chi connectivity index (χ1) is 2.27. The predicted molar refractivity (Wildman–Crippen MR) is 31.0 cm³/mol. The Morgan fingerprint density at radius 3 is 1.44 bits per heavy atom. The molecule has 0 spiro atoms. The maximum Gasteiger partial charge on any atom is 3.00 e. The molecule has 0 bridgehead atoms. The molecule has 0 heterocycles. The van der Waals surface area contributed by atoms with Crippen molar-refractivity contribution in [3.8, 4) is 0 Å². The molecule has 0 saturated heterocycles. The van der Waals surface area contributed by atoms with Gasteiger partial charge in [0, 0.05) is 0 Å². The Hall–Kier alpha value is -0.378. The minimum absolute atomic E-state index is 0. The summed E-state index contributed by atoms with van der Waals surface area (Å²) in [5, 5.41) is 0. The van der Waals surface area contributed by atoms with Crippen molar-refractivity contribution in [3.63, 3.8) is 0 Å². The zero-order valence-corrected chi connectivity index (χ0v) is 5.84. The van der Waals surface area contributed by atoms with Gasteiger partial charge >= 0.3 is 17.4 Å². The van der Waals surface area contributed by atoms with E-state index in [1.807, 2.05) is 0 Å². The third-order valence-electron chi connectivity index (χ3n) is 0.201.